The van der Waals surface area contributed by atoms with Crippen LogP contribution in [0.25, 0.3) is 22.2 Å². The van der Waals surface area contributed by atoms with Crippen molar-refractivity contribution >= 4 is 22.8 Å². The van der Waals surface area contributed by atoms with Crippen molar-refractivity contribution in [2.45, 2.75) is 6.54 Å². The standard InChI is InChI=1S/C19H16N2O3/c1-24-19(23)13-7-6-12-10-17-14-4-2-3-5-15(14)18(22)20-8-9-21(17)16(12)11-13/h2-7,10-11H,8-9H2,1H3,(H,20,22). The van der Waals surface area contributed by atoms with E-state index in [-0.39, 0.29) is 11.9 Å². The van der Waals surface area contributed by atoms with Crippen LogP contribution in [0.3, 0.4) is 0 Å². The van der Waals surface area contributed by atoms with E-state index in [9.17, 15) is 9.59 Å². The van der Waals surface area contributed by atoms with Crippen LogP contribution in [0, 0.1) is 0 Å². The van der Waals surface area contributed by atoms with Gasteiger partial charge in [-0.1, -0.05) is 24.3 Å². The number of benzene rings is 2. The summed E-state index contributed by atoms with van der Waals surface area (Å²) < 4.78 is 6.95. The van der Waals surface area contributed by atoms with E-state index in [0.717, 1.165) is 22.2 Å². The lowest BCUT2D eigenvalue weighted by Crippen LogP contribution is -2.29. The molecule has 4 rings (SSSR count). The fourth-order valence-corrected chi connectivity index (χ4v) is 3.24. The van der Waals surface area contributed by atoms with Crippen molar-refractivity contribution in [3.63, 3.8) is 0 Å². The quantitative estimate of drug-likeness (QED) is 0.701. The van der Waals surface area contributed by atoms with Crippen molar-refractivity contribution in [3.8, 4) is 11.3 Å². The van der Waals surface area contributed by atoms with Gasteiger partial charge >= 0.3 is 5.97 Å². The molecule has 1 amide bonds. The Labute approximate surface area is 138 Å². The number of ether oxygens (including phenoxy) is 1. The van der Waals surface area contributed by atoms with Crippen molar-refractivity contribution in [3.05, 3.63) is 59.7 Å². The average Bonchev–Trinajstić information content (AvgIpc) is 2.97. The normalized spacial score (nSPS) is 13.5. The average molecular weight is 320 g/mol. The number of fused-ring (bicyclic) bond motifs is 5. The molecule has 0 fully saturated rings. The lowest BCUT2D eigenvalue weighted by molar-refractivity contribution is 0.0600. The largest absolute Gasteiger partial charge is 0.465 e. The Kier molecular flexibility index (Phi) is 3.34. The molecule has 1 aliphatic heterocycles. The molecular weight excluding hydrogens is 304 g/mol. The molecule has 0 radical (unpaired) electrons. The molecule has 0 spiro atoms. The zero-order valence-electron chi connectivity index (χ0n) is 13.2. The smallest absolute Gasteiger partial charge is 0.337 e. The molecule has 0 aliphatic carbocycles. The molecule has 1 N–H and O–H groups in total. The molecule has 1 aliphatic rings. The molecule has 0 unspecified atom stereocenters. The first-order chi connectivity index (χ1) is 11.7. The maximum Gasteiger partial charge on any atom is 0.337 e. The number of carbonyl (C=O) groups is 2. The van der Waals surface area contributed by atoms with E-state index < -0.39 is 0 Å². The van der Waals surface area contributed by atoms with Crippen LogP contribution >= 0.6 is 0 Å². The zero-order chi connectivity index (χ0) is 16.7. The van der Waals surface area contributed by atoms with Crippen LogP contribution in [-0.4, -0.2) is 30.1 Å². The van der Waals surface area contributed by atoms with Gasteiger partial charge in [-0.2, -0.15) is 0 Å². The van der Waals surface area contributed by atoms with E-state index in [4.69, 9.17) is 4.74 Å². The number of hydrogen-bond acceptors (Lipinski definition) is 3. The monoisotopic (exact) mass is 320 g/mol. The van der Waals surface area contributed by atoms with Crippen LogP contribution in [-0.2, 0) is 11.3 Å². The number of rotatable bonds is 1. The second-order valence-electron chi connectivity index (χ2n) is 5.75. The first-order valence-electron chi connectivity index (χ1n) is 7.78. The summed E-state index contributed by atoms with van der Waals surface area (Å²) in [5.74, 6) is -0.413. The van der Waals surface area contributed by atoms with Crippen molar-refractivity contribution in [1.29, 1.82) is 0 Å². The number of nitrogens with zero attached hydrogens (tertiary/aromatic N) is 1. The third-order valence-electron chi connectivity index (χ3n) is 4.39. The van der Waals surface area contributed by atoms with Gasteiger partial charge in [-0.05, 0) is 24.3 Å². The molecule has 120 valence electrons. The summed E-state index contributed by atoms with van der Waals surface area (Å²) in [5.41, 5.74) is 4.02. The molecule has 5 heteroatoms. The number of hydrogen-bond donors (Lipinski definition) is 1. The summed E-state index contributed by atoms with van der Waals surface area (Å²) >= 11 is 0. The van der Waals surface area contributed by atoms with Crippen LogP contribution in [0.1, 0.15) is 20.7 Å². The third-order valence-corrected chi connectivity index (χ3v) is 4.39. The van der Waals surface area contributed by atoms with Gasteiger partial charge < -0.3 is 14.6 Å². The van der Waals surface area contributed by atoms with Gasteiger partial charge in [0.2, 0.25) is 0 Å². The Hall–Kier alpha value is -3.08. The lowest BCUT2D eigenvalue weighted by atomic mass is 10.0. The van der Waals surface area contributed by atoms with E-state index in [2.05, 4.69) is 16.0 Å². The van der Waals surface area contributed by atoms with Crippen molar-refractivity contribution < 1.29 is 14.3 Å². The van der Waals surface area contributed by atoms with E-state index in [0.29, 0.717) is 24.2 Å². The predicted octanol–water partition coefficient (Wildman–Crippen LogP) is 2.84. The van der Waals surface area contributed by atoms with Crippen LogP contribution in [0.2, 0.25) is 0 Å². The Bertz CT molecular complexity index is 972. The molecule has 0 atom stereocenters. The molecule has 2 heterocycles. The Balaban J connectivity index is 1.99. The third kappa shape index (κ3) is 2.17. The highest BCUT2D eigenvalue weighted by Crippen LogP contribution is 2.32. The summed E-state index contributed by atoms with van der Waals surface area (Å²) in [6, 6.07) is 15.2. The van der Waals surface area contributed by atoms with Crippen LogP contribution in [0.15, 0.2) is 48.5 Å². The SMILES string of the molecule is COC(=O)c1ccc2cc3n(c2c1)CCNC(=O)c1ccccc1-3. The van der Waals surface area contributed by atoms with Crippen molar-refractivity contribution in [2.75, 3.05) is 13.7 Å². The van der Waals surface area contributed by atoms with Crippen LogP contribution in [0.4, 0.5) is 0 Å². The molecule has 5 nitrogen and oxygen atoms in total. The van der Waals surface area contributed by atoms with Gasteiger partial charge in [0.1, 0.15) is 0 Å². The summed E-state index contributed by atoms with van der Waals surface area (Å²) in [5, 5.41) is 3.96. The number of nitrogens with one attached hydrogen (secondary N) is 1. The van der Waals surface area contributed by atoms with E-state index >= 15 is 0 Å². The summed E-state index contributed by atoms with van der Waals surface area (Å²) in [6.45, 7) is 1.18. The second-order valence-corrected chi connectivity index (χ2v) is 5.75. The molecule has 24 heavy (non-hydrogen) atoms. The number of esters is 1. The van der Waals surface area contributed by atoms with Gasteiger partial charge in [-0.25, -0.2) is 4.79 Å². The molecular formula is C19H16N2O3. The Morgan fingerprint density at radius 3 is 2.71 bits per heavy atom. The number of carbonyl (C=O) groups excluding carboxylic acids is 2. The van der Waals surface area contributed by atoms with E-state index in [1.54, 1.807) is 6.07 Å². The van der Waals surface area contributed by atoms with Gasteiger partial charge in [0.05, 0.1) is 12.7 Å². The van der Waals surface area contributed by atoms with Gasteiger partial charge in [-0.3, -0.25) is 4.79 Å². The molecule has 0 saturated heterocycles. The maximum atomic E-state index is 12.3. The minimum atomic E-state index is -0.355. The topological polar surface area (TPSA) is 60.3 Å². The highest BCUT2D eigenvalue weighted by Gasteiger charge is 2.20. The van der Waals surface area contributed by atoms with Gasteiger partial charge in [0, 0.05) is 40.8 Å². The van der Waals surface area contributed by atoms with E-state index in [1.807, 2.05) is 36.4 Å². The fourth-order valence-electron chi connectivity index (χ4n) is 3.24. The van der Waals surface area contributed by atoms with E-state index in [1.165, 1.54) is 7.11 Å². The molecule has 1 aromatic heterocycles. The molecule has 3 aromatic rings. The number of aromatic nitrogens is 1. The van der Waals surface area contributed by atoms with Gasteiger partial charge in [-0.15, -0.1) is 0 Å². The minimum absolute atomic E-state index is 0.0580. The minimum Gasteiger partial charge on any atom is -0.465 e. The van der Waals surface area contributed by atoms with Gasteiger partial charge in [0.15, 0.2) is 0 Å². The first kappa shape index (κ1) is 14.5. The Morgan fingerprint density at radius 2 is 1.92 bits per heavy atom. The summed E-state index contributed by atoms with van der Waals surface area (Å²) in [4.78, 5) is 24.1. The van der Waals surface area contributed by atoms with Crippen LogP contribution in [0.5, 0.6) is 0 Å². The van der Waals surface area contributed by atoms with Crippen molar-refractivity contribution in [2.24, 2.45) is 0 Å². The predicted molar refractivity (Wildman–Crippen MR) is 91.0 cm³/mol. The number of amides is 1. The highest BCUT2D eigenvalue weighted by atomic mass is 16.5. The first-order valence-corrected chi connectivity index (χ1v) is 7.78. The second kappa shape index (κ2) is 5.53. The molecule has 0 saturated carbocycles. The lowest BCUT2D eigenvalue weighted by Gasteiger charge is -2.18. The highest BCUT2D eigenvalue weighted by molar-refractivity contribution is 6.03. The Morgan fingerprint density at radius 1 is 1.12 bits per heavy atom. The zero-order valence-corrected chi connectivity index (χ0v) is 13.2. The van der Waals surface area contributed by atoms with Crippen molar-refractivity contribution in [1.82, 2.24) is 9.88 Å². The van der Waals surface area contributed by atoms with Gasteiger partial charge in [0.25, 0.3) is 5.91 Å². The fraction of sp³-hybridized carbons (Fsp3) is 0.158. The number of methoxy groups -OCH3 is 1. The van der Waals surface area contributed by atoms with Crippen LogP contribution < -0.4 is 5.32 Å². The molecule has 2 aromatic carbocycles. The maximum absolute atomic E-state index is 12.3. The molecule has 0 bridgehead atoms. The summed E-state index contributed by atoms with van der Waals surface area (Å²) in [7, 11) is 1.38. The summed E-state index contributed by atoms with van der Waals surface area (Å²) in [6.07, 6.45) is 0.